The Labute approximate surface area is 186 Å². The maximum absolute atomic E-state index is 15.4. The molecule has 3 heteroatoms. The molecule has 32 heavy (non-hydrogen) atoms. The van der Waals surface area contributed by atoms with Gasteiger partial charge in [-0.25, -0.2) is 8.96 Å². The van der Waals surface area contributed by atoms with Gasteiger partial charge in [0.15, 0.2) is 6.20 Å². The van der Waals surface area contributed by atoms with Crippen molar-refractivity contribution in [3.8, 4) is 0 Å². The van der Waals surface area contributed by atoms with E-state index in [9.17, 15) is 0 Å². The summed E-state index contributed by atoms with van der Waals surface area (Å²) >= 11 is 0. The Morgan fingerprint density at radius 2 is 1.72 bits per heavy atom. The molecule has 0 radical (unpaired) electrons. The van der Waals surface area contributed by atoms with E-state index in [-0.39, 0.29) is 5.82 Å². The molecule has 0 amide bonds. The van der Waals surface area contributed by atoms with Gasteiger partial charge in [-0.2, -0.15) is 0 Å². The number of para-hydroxylation sites is 1. The monoisotopic (exact) mass is 421 g/mol. The second kappa shape index (κ2) is 6.41. The number of halogens is 1. The van der Waals surface area contributed by atoms with E-state index in [1.54, 1.807) is 6.07 Å². The van der Waals surface area contributed by atoms with Gasteiger partial charge in [0, 0.05) is 16.8 Å². The summed E-state index contributed by atoms with van der Waals surface area (Å²) < 4.78 is 19.9. The maximum Gasteiger partial charge on any atom is 0.224 e. The molecule has 0 N–H and O–H groups in total. The van der Waals surface area contributed by atoms with Crippen LogP contribution in [-0.2, 0) is 7.05 Å². The van der Waals surface area contributed by atoms with Gasteiger partial charge in [-0.3, -0.25) is 0 Å². The molecule has 0 spiro atoms. The van der Waals surface area contributed by atoms with Gasteiger partial charge in [0.1, 0.15) is 12.9 Å². The molecule has 1 aliphatic carbocycles. The van der Waals surface area contributed by atoms with Gasteiger partial charge < -0.3 is 4.40 Å². The Hall–Kier alpha value is -3.20. The van der Waals surface area contributed by atoms with Crippen molar-refractivity contribution in [1.29, 1.82) is 0 Å². The number of nitrogens with zero attached hydrogens (tertiary/aromatic N) is 2. The molecule has 1 saturated carbocycles. The Balaban J connectivity index is 1.80. The van der Waals surface area contributed by atoms with Crippen molar-refractivity contribution in [2.45, 2.75) is 44.9 Å². The van der Waals surface area contributed by atoms with Crippen molar-refractivity contribution >= 4 is 49.0 Å². The van der Waals surface area contributed by atoms with E-state index >= 15 is 4.39 Å². The summed E-state index contributed by atoms with van der Waals surface area (Å²) in [6.45, 7) is 2.17. The highest BCUT2D eigenvalue weighted by molar-refractivity contribution is 6.25. The quantitative estimate of drug-likeness (QED) is 0.149. The van der Waals surface area contributed by atoms with Crippen LogP contribution in [0.2, 0.25) is 0 Å². The molecule has 3 heterocycles. The highest BCUT2D eigenvalue weighted by Crippen LogP contribution is 2.43. The van der Waals surface area contributed by atoms with Crippen LogP contribution < -0.4 is 4.57 Å². The molecule has 7 rings (SSSR count). The summed E-state index contributed by atoms with van der Waals surface area (Å²) in [5, 5.41) is 5.85. The molecule has 1 fully saturated rings. The number of hydrogen-bond donors (Lipinski definition) is 0. The highest BCUT2D eigenvalue weighted by Gasteiger charge is 2.26. The lowest BCUT2D eigenvalue weighted by atomic mass is 9.83. The van der Waals surface area contributed by atoms with E-state index in [1.165, 1.54) is 64.9 Å². The number of fused-ring (bicyclic) bond motifs is 5. The van der Waals surface area contributed by atoms with Crippen LogP contribution in [-0.4, -0.2) is 4.40 Å². The van der Waals surface area contributed by atoms with E-state index in [2.05, 4.69) is 65.5 Å². The van der Waals surface area contributed by atoms with Crippen molar-refractivity contribution in [2.24, 2.45) is 7.05 Å². The van der Waals surface area contributed by atoms with E-state index in [0.717, 1.165) is 21.8 Å². The zero-order chi connectivity index (χ0) is 21.6. The molecule has 158 valence electrons. The van der Waals surface area contributed by atoms with Crippen molar-refractivity contribution in [2.75, 3.05) is 0 Å². The zero-order valence-electron chi connectivity index (χ0n) is 18.6. The second-order valence-corrected chi connectivity index (χ2v) is 9.74. The summed E-state index contributed by atoms with van der Waals surface area (Å²) in [4.78, 5) is 0. The predicted octanol–water partition coefficient (Wildman–Crippen LogP) is 7.31. The van der Waals surface area contributed by atoms with Crippen LogP contribution in [0.4, 0.5) is 4.39 Å². The van der Waals surface area contributed by atoms with Crippen LogP contribution in [0.25, 0.3) is 49.0 Å². The van der Waals surface area contributed by atoms with Gasteiger partial charge in [-0.15, -0.1) is 0 Å². The first-order valence-electron chi connectivity index (χ1n) is 11.8. The van der Waals surface area contributed by atoms with Crippen molar-refractivity contribution in [1.82, 2.24) is 4.40 Å². The van der Waals surface area contributed by atoms with Crippen LogP contribution in [0.1, 0.15) is 49.1 Å². The van der Waals surface area contributed by atoms with E-state index in [1.807, 2.05) is 6.07 Å². The minimum atomic E-state index is -0.151. The van der Waals surface area contributed by atoms with Crippen molar-refractivity contribution < 1.29 is 8.96 Å². The van der Waals surface area contributed by atoms with Crippen LogP contribution in [0.15, 0.2) is 54.7 Å². The first-order valence-corrected chi connectivity index (χ1v) is 11.8. The Bertz CT molecular complexity index is 1690. The lowest BCUT2D eigenvalue weighted by Gasteiger charge is -2.23. The molecule has 3 aromatic carbocycles. The summed E-state index contributed by atoms with van der Waals surface area (Å²) in [5.41, 5.74) is 6.86. The molecule has 2 nitrogen and oxygen atoms in total. The zero-order valence-corrected chi connectivity index (χ0v) is 18.6. The van der Waals surface area contributed by atoms with Gasteiger partial charge in [0.2, 0.25) is 5.52 Å². The number of hydrogen-bond acceptors (Lipinski definition) is 0. The standard InChI is InChI=1S/C29H26FN2/c1-17-11-12-22-21-9-6-10-23(30)27(21)32-24-16-20(18-7-4-3-5-8-18)15-19-13-14-31(2)29(26(19)24)25(17)28(22)32/h6,9-16,18H,3-5,7-8H2,1-2H3/q+1. The van der Waals surface area contributed by atoms with Gasteiger partial charge in [0.05, 0.1) is 27.3 Å². The highest BCUT2D eigenvalue weighted by atomic mass is 19.1. The lowest BCUT2D eigenvalue weighted by Crippen LogP contribution is -2.29. The summed E-state index contributed by atoms with van der Waals surface area (Å²) in [5.74, 6) is 0.449. The Morgan fingerprint density at radius 3 is 2.56 bits per heavy atom. The van der Waals surface area contributed by atoms with Gasteiger partial charge in [-0.05, 0) is 54.3 Å². The molecule has 1 aliphatic rings. The molecule has 0 unspecified atom stereocenters. The van der Waals surface area contributed by atoms with E-state index in [0.29, 0.717) is 11.4 Å². The number of aromatic nitrogens is 2. The third-order valence-corrected chi connectivity index (χ3v) is 7.90. The smallest absolute Gasteiger partial charge is 0.224 e. The number of rotatable bonds is 1. The molecular formula is C29H26FN2+. The maximum atomic E-state index is 15.4. The normalized spacial score (nSPS) is 15.8. The van der Waals surface area contributed by atoms with Crippen LogP contribution >= 0.6 is 0 Å². The molecule has 3 aromatic heterocycles. The molecule has 0 bridgehead atoms. The van der Waals surface area contributed by atoms with Crippen molar-refractivity contribution in [3.63, 3.8) is 0 Å². The van der Waals surface area contributed by atoms with Crippen LogP contribution in [0.3, 0.4) is 0 Å². The fourth-order valence-corrected chi connectivity index (χ4v) is 6.41. The van der Waals surface area contributed by atoms with Gasteiger partial charge in [-0.1, -0.05) is 49.6 Å². The number of pyridine rings is 2. The van der Waals surface area contributed by atoms with Crippen molar-refractivity contribution in [3.05, 3.63) is 71.7 Å². The SMILES string of the molecule is Cc1ccc2c3cccc(F)c3n3c4cc(C5CCCCC5)cc5cc[n+](C)c(c1c23)c54. The largest absolute Gasteiger partial charge is 0.305 e. The Kier molecular flexibility index (Phi) is 3.68. The average molecular weight is 422 g/mol. The second-order valence-electron chi connectivity index (χ2n) is 9.74. The van der Waals surface area contributed by atoms with E-state index < -0.39 is 0 Å². The van der Waals surface area contributed by atoms with Gasteiger partial charge in [0.25, 0.3) is 0 Å². The fourth-order valence-electron chi connectivity index (χ4n) is 6.41. The number of aryl methyl sites for hydroxylation is 2. The Morgan fingerprint density at radius 1 is 0.906 bits per heavy atom. The molecule has 6 aromatic rings. The van der Waals surface area contributed by atoms with Crippen LogP contribution in [0, 0.1) is 12.7 Å². The summed E-state index contributed by atoms with van der Waals surface area (Å²) in [6.07, 6.45) is 8.65. The van der Waals surface area contributed by atoms with Gasteiger partial charge >= 0.3 is 0 Å². The average Bonchev–Trinajstić information content (AvgIpc) is 3.16. The predicted molar refractivity (Wildman–Crippen MR) is 130 cm³/mol. The first-order chi connectivity index (χ1) is 15.6. The summed E-state index contributed by atoms with van der Waals surface area (Å²) in [7, 11) is 2.13. The van der Waals surface area contributed by atoms with Crippen LogP contribution in [0.5, 0.6) is 0 Å². The number of benzene rings is 3. The first kappa shape index (κ1) is 18.4. The third-order valence-electron chi connectivity index (χ3n) is 7.90. The minimum Gasteiger partial charge on any atom is -0.305 e. The summed E-state index contributed by atoms with van der Waals surface area (Å²) in [6, 6.07) is 16.9. The topological polar surface area (TPSA) is 8.29 Å². The molecule has 0 atom stereocenters. The van der Waals surface area contributed by atoms with E-state index in [4.69, 9.17) is 0 Å². The lowest BCUT2D eigenvalue weighted by molar-refractivity contribution is -0.643. The molecular weight excluding hydrogens is 395 g/mol. The molecule has 0 aliphatic heterocycles. The minimum absolute atomic E-state index is 0.151. The fraction of sp³-hybridized carbons (Fsp3) is 0.276. The molecule has 0 saturated heterocycles. The third kappa shape index (κ3) is 2.26.